The maximum absolute atomic E-state index is 12.5. The fraction of sp³-hybridized carbons (Fsp3) is 0.333. The Bertz CT molecular complexity index is 371. The highest BCUT2D eigenvalue weighted by Gasteiger charge is 2.20. The third kappa shape index (κ3) is 2.95. The second-order valence-corrected chi connectivity index (χ2v) is 3.43. The highest BCUT2D eigenvalue weighted by molar-refractivity contribution is 9.10. The second-order valence-electron chi connectivity index (χ2n) is 2.62. The molecule has 0 saturated heterocycles. The lowest BCUT2D eigenvalue weighted by Crippen LogP contribution is -2.09. The van der Waals surface area contributed by atoms with E-state index < -0.39 is 18.0 Å². The van der Waals surface area contributed by atoms with Crippen molar-refractivity contribution in [2.75, 3.05) is 6.61 Å². The van der Waals surface area contributed by atoms with Crippen LogP contribution >= 0.6 is 15.9 Å². The highest BCUT2D eigenvalue weighted by Crippen LogP contribution is 2.24. The summed E-state index contributed by atoms with van der Waals surface area (Å²) in [5, 5.41) is 0. The minimum Gasteiger partial charge on any atom is -0.462 e. The van der Waals surface area contributed by atoms with E-state index in [0.717, 1.165) is 6.20 Å². The van der Waals surface area contributed by atoms with Crippen LogP contribution < -0.4 is 0 Å². The van der Waals surface area contributed by atoms with Crippen molar-refractivity contribution in [2.24, 2.45) is 0 Å². The molecule has 0 amide bonds. The van der Waals surface area contributed by atoms with E-state index >= 15 is 0 Å². The van der Waals surface area contributed by atoms with Crippen LogP contribution in [0.25, 0.3) is 0 Å². The molecule has 0 radical (unpaired) electrons. The maximum atomic E-state index is 12.5. The van der Waals surface area contributed by atoms with Gasteiger partial charge in [-0.05, 0) is 28.9 Å². The van der Waals surface area contributed by atoms with E-state index in [1.807, 2.05) is 0 Å². The van der Waals surface area contributed by atoms with Crippen LogP contribution in [0, 0.1) is 0 Å². The first-order valence-corrected chi connectivity index (χ1v) is 4.96. The number of halogens is 3. The third-order valence-electron chi connectivity index (χ3n) is 1.63. The zero-order valence-electron chi connectivity index (χ0n) is 7.84. The molecule has 1 aromatic rings. The summed E-state index contributed by atoms with van der Waals surface area (Å²) in [6.07, 6.45) is -1.79. The van der Waals surface area contributed by atoms with Gasteiger partial charge in [-0.25, -0.2) is 18.6 Å². The van der Waals surface area contributed by atoms with Crippen LogP contribution in [0.5, 0.6) is 0 Å². The molecule has 0 spiro atoms. The predicted octanol–water partition coefficient (Wildman–Crippen LogP) is 2.96. The summed E-state index contributed by atoms with van der Waals surface area (Å²) in [6, 6.07) is 1.22. The molecule has 15 heavy (non-hydrogen) atoms. The van der Waals surface area contributed by atoms with Gasteiger partial charge in [-0.3, -0.25) is 0 Å². The number of pyridine rings is 1. The highest BCUT2D eigenvalue weighted by atomic mass is 79.9. The van der Waals surface area contributed by atoms with Crippen molar-refractivity contribution in [3.63, 3.8) is 0 Å². The van der Waals surface area contributed by atoms with Crippen molar-refractivity contribution in [3.05, 3.63) is 28.0 Å². The minimum absolute atomic E-state index is 0.140. The molecule has 0 atom stereocenters. The van der Waals surface area contributed by atoms with E-state index in [2.05, 4.69) is 25.7 Å². The zero-order valence-corrected chi connectivity index (χ0v) is 9.42. The summed E-state index contributed by atoms with van der Waals surface area (Å²) < 4.78 is 30.0. The number of ether oxygens (including phenoxy) is 1. The van der Waals surface area contributed by atoms with Gasteiger partial charge >= 0.3 is 5.97 Å². The summed E-state index contributed by atoms with van der Waals surface area (Å²) >= 11 is 3.00. The molecule has 0 saturated carbocycles. The van der Waals surface area contributed by atoms with E-state index in [-0.39, 0.29) is 12.2 Å². The predicted molar refractivity (Wildman–Crippen MR) is 52.9 cm³/mol. The van der Waals surface area contributed by atoms with Crippen LogP contribution in [-0.4, -0.2) is 17.6 Å². The van der Waals surface area contributed by atoms with E-state index in [0.29, 0.717) is 4.60 Å². The van der Waals surface area contributed by atoms with Gasteiger partial charge in [0.15, 0.2) is 0 Å². The first kappa shape index (κ1) is 12.0. The topological polar surface area (TPSA) is 39.2 Å². The number of aromatic nitrogens is 1. The van der Waals surface area contributed by atoms with Gasteiger partial charge in [0.2, 0.25) is 0 Å². The summed E-state index contributed by atoms with van der Waals surface area (Å²) in [5.74, 6) is -0.768. The quantitative estimate of drug-likeness (QED) is 0.631. The Balaban J connectivity index is 3.12. The molecule has 6 heteroatoms. The molecule has 0 aliphatic rings. The first-order chi connectivity index (χ1) is 7.06. The Hall–Kier alpha value is -1.04. The molecule has 0 fully saturated rings. The van der Waals surface area contributed by atoms with E-state index in [9.17, 15) is 13.6 Å². The number of esters is 1. The lowest BCUT2D eigenvalue weighted by molar-refractivity contribution is 0.0515. The molecule has 0 unspecified atom stereocenters. The standard InChI is InChI=1S/C9H8BrF2NO2/c1-2-15-9(14)5-3-7(10)13-4-6(5)8(11)12/h3-4,8H,2H2,1H3. The Kier molecular flexibility index (Phi) is 4.14. The van der Waals surface area contributed by atoms with Crippen LogP contribution in [0.3, 0.4) is 0 Å². The van der Waals surface area contributed by atoms with Gasteiger partial charge in [-0.1, -0.05) is 0 Å². The van der Waals surface area contributed by atoms with Crippen LogP contribution in [0.1, 0.15) is 29.3 Å². The summed E-state index contributed by atoms with van der Waals surface area (Å²) in [6.45, 7) is 1.75. The molecule has 1 rings (SSSR count). The molecule has 1 aromatic heterocycles. The molecule has 1 heterocycles. The average Bonchev–Trinajstić information content (AvgIpc) is 2.17. The molecule has 3 nitrogen and oxygen atoms in total. The van der Waals surface area contributed by atoms with Crippen molar-refractivity contribution < 1.29 is 18.3 Å². The van der Waals surface area contributed by atoms with Crippen LogP contribution in [0.2, 0.25) is 0 Å². The van der Waals surface area contributed by atoms with Crippen molar-refractivity contribution >= 4 is 21.9 Å². The van der Waals surface area contributed by atoms with Gasteiger partial charge in [0.05, 0.1) is 17.7 Å². The number of alkyl halides is 2. The van der Waals surface area contributed by atoms with Gasteiger partial charge in [0.25, 0.3) is 6.43 Å². The number of carbonyl (C=O) groups excluding carboxylic acids is 1. The van der Waals surface area contributed by atoms with Gasteiger partial charge in [0.1, 0.15) is 4.60 Å². The average molecular weight is 280 g/mol. The maximum Gasteiger partial charge on any atom is 0.338 e. The van der Waals surface area contributed by atoms with E-state index in [1.54, 1.807) is 6.92 Å². The summed E-state index contributed by atoms with van der Waals surface area (Å²) in [5.41, 5.74) is -0.578. The fourth-order valence-electron chi connectivity index (χ4n) is 1.000. The Morgan fingerprint density at radius 3 is 2.87 bits per heavy atom. The number of hydrogen-bond acceptors (Lipinski definition) is 3. The lowest BCUT2D eigenvalue weighted by atomic mass is 10.1. The Morgan fingerprint density at radius 2 is 2.33 bits per heavy atom. The van der Waals surface area contributed by atoms with Crippen molar-refractivity contribution in [1.29, 1.82) is 0 Å². The lowest BCUT2D eigenvalue weighted by Gasteiger charge is -2.07. The summed E-state index contributed by atoms with van der Waals surface area (Å²) in [4.78, 5) is 15.0. The van der Waals surface area contributed by atoms with Gasteiger partial charge in [-0.2, -0.15) is 0 Å². The number of nitrogens with zero attached hydrogens (tertiary/aromatic N) is 1. The smallest absolute Gasteiger partial charge is 0.338 e. The van der Waals surface area contributed by atoms with Gasteiger partial charge in [-0.15, -0.1) is 0 Å². The Labute approximate surface area is 93.6 Å². The Morgan fingerprint density at radius 1 is 1.67 bits per heavy atom. The normalized spacial score (nSPS) is 10.5. The molecule has 0 aromatic carbocycles. The monoisotopic (exact) mass is 279 g/mol. The molecule has 0 aliphatic carbocycles. The van der Waals surface area contributed by atoms with Crippen molar-refractivity contribution in [1.82, 2.24) is 4.98 Å². The number of rotatable bonds is 3. The number of hydrogen-bond donors (Lipinski definition) is 0. The molecular weight excluding hydrogens is 272 g/mol. The number of carbonyl (C=O) groups is 1. The molecular formula is C9H8BrF2NO2. The largest absolute Gasteiger partial charge is 0.462 e. The van der Waals surface area contributed by atoms with E-state index in [1.165, 1.54) is 6.07 Å². The molecule has 0 N–H and O–H groups in total. The third-order valence-corrected chi connectivity index (χ3v) is 2.07. The molecule has 0 bridgehead atoms. The van der Waals surface area contributed by atoms with Crippen molar-refractivity contribution in [2.45, 2.75) is 13.3 Å². The van der Waals surface area contributed by atoms with Gasteiger partial charge < -0.3 is 4.74 Å². The van der Waals surface area contributed by atoms with Crippen LogP contribution in [-0.2, 0) is 4.74 Å². The zero-order chi connectivity index (χ0) is 11.4. The van der Waals surface area contributed by atoms with Crippen LogP contribution in [0.4, 0.5) is 8.78 Å². The van der Waals surface area contributed by atoms with Crippen LogP contribution in [0.15, 0.2) is 16.9 Å². The molecule has 82 valence electrons. The second kappa shape index (κ2) is 5.16. The first-order valence-electron chi connectivity index (χ1n) is 4.17. The summed E-state index contributed by atoms with van der Waals surface area (Å²) in [7, 11) is 0. The minimum atomic E-state index is -2.75. The molecule has 0 aliphatic heterocycles. The van der Waals surface area contributed by atoms with Crippen molar-refractivity contribution in [3.8, 4) is 0 Å². The van der Waals surface area contributed by atoms with E-state index in [4.69, 9.17) is 0 Å². The SMILES string of the molecule is CCOC(=O)c1cc(Br)ncc1C(F)F. The van der Waals surface area contributed by atoms with Gasteiger partial charge in [0, 0.05) is 6.20 Å². The fourth-order valence-corrected chi connectivity index (χ4v) is 1.33.